The third-order valence-electron chi connectivity index (χ3n) is 3.15. The Bertz CT molecular complexity index is 567. The number of ether oxygens (including phenoxy) is 1. The quantitative estimate of drug-likeness (QED) is 0.865. The summed E-state index contributed by atoms with van der Waals surface area (Å²) < 4.78 is 30.0. The zero-order chi connectivity index (χ0) is 14.5. The summed E-state index contributed by atoms with van der Waals surface area (Å²) in [4.78, 5) is 0. The lowest BCUT2D eigenvalue weighted by Gasteiger charge is -2.11. The van der Waals surface area contributed by atoms with Crippen LogP contribution in [0, 0.1) is 6.92 Å². The van der Waals surface area contributed by atoms with Crippen molar-refractivity contribution in [3.63, 3.8) is 0 Å². The van der Waals surface area contributed by atoms with Crippen LogP contribution >= 0.6 is 0 Å². The number of benzene rings is 2. The van der Waals surface area contributed by atoms with E-state index >= 15 is 0 Å². The average Bonchev–Trinajstić information content (AvgIpc) is 2.46. The van der Waals surface area contributed by atoms with Gasteiger partial charge in [0.15, 0.2) is 0 Å². The molecular formula is C16H17F2NO. The number of anilines is 1. The SMILES string of the molecule is COc1ccc(NCc2ccc(C(F)F)cc2)c(C)c1. The molecule has 2 nitrogen and oxygen atoms in total. The maximum absolute atomic E-state index is 12.4. The van der Waals surface area contributed by atoms with Gasteiger partial charge in [0.25, 0.3) is 6.43 Å². The van der Waals surface area contributed by atoms with Crippen molar-refractivity contribution in [2.75, 3.05) is 12.4 Å². The molecule has 0 unspecified atom stereocenters. The van der Waals surface area contributed by atoms with Crippen LogP contribution in [0.5, 0.6) is 5.75 Å². The van der Waals surface area contributed by atoms with E-state index in [1.807, 2.05) is 25.1 Å². The Kier molecular flexibility index (Phi) is 4.56. The normalized spacial score (nSPS) is 10.7. The number of halogens is 2. The molecule has 106 valence electrons. The van der Waals surface area contributed by atoms with Gasteiger partial charge < -0.3 is 10.1 Å². The predicted molar refractivity (Wildman–Crippen MR) is 76.5 cm³/mol. The molecule has 0 saturated heterocycles. The Morgan fingerprint density at radius 3 is 2.35 bits per heavy atom. The molecule has 0 atom stereocenters. The molecule has 0 aliphatic carbocycles. The van der Waals surface area contributed by atoms with E-state index in [4.69, 9.17) is 4.74 Å². The van der Waals surface area contributed by atoms with Crippen molar-refractivity contribution >= 4 is 5.69 Å². The summed E-state index contributed by atoms with van der Waals surface area (Å²) in [5.41, 5.74) is 3.09. The lowest BCUT2D eigenvalue weighted by Crippen LogP contribution is -2.01. The Morgan fingerprint density at radius 1 is 1.10 bits per heavy atom. The summed E-state index contributed by atoms with van der Waals surface area (Å²) in [5.74, 6) is 0.814. The zero-order valence-electron chi connectivity index (χ0n) is 11.5. The molecular weight excluding hydrogens is 260 g/mol. The molecule has 0 saturated carbocycles. The number of aryl methyl sites for hydroxylation is 1. The molecule has 2 rings (SSSR count). The summed E-state index contributed by atoms with van der Waals surface area (Å²) in [5, 5.41) is 3.29. The standard InChI is InChI=1S/C16H17F2NO/c1-11-9-14(20-2)7-8-15(11)19-10-12-3-5-13(6-4-12)16(17)18/h3-9,16,19H,10H2,1-2H3. The molecule has 0 spiro atoms. The topological polar surface area (TPSA) is 21.3 Å². The van der Waals surface area contributed by atoms with Crippen LogP contribution in [-0.2, 0) is 6.54 Å². The molecule has 0 aromatic heterocycles. The first-order chi connectivity index (χ1) is 9.60. The molecule has 20 heavy (non-hydrogen) atoms. The van der Waals surface area contributed by atoms with Crippen LogP contribution in [0.3, 0.4) is 0 Å². The zero-order valence-corrected chi connectivity index (χ0v) is 11.5. The third-order valence-corrected chi connectivity index (χ3v) is 3.15. The molecule has 2 aromatic carbocycles. The first kappa shape index (κ1) is 14.3. The molecule has 4 heteroatoms. The maximum Gasteiger partial charge on any atom is 0.263 e. The van der Waals surface area contributed by atoms with E-state index in [9.17, 15) is 8.78 Å². The van der Waals surface area contributed by atoms with E-state index in [0.717, 1.165) is 22.6 Å². The van der Waals surface area contributed by atoms with Crippen molar-refractivity contribution in [1.29, 1.82) is 0 Å². The van der Waals surface area contributed by atoms with Crippen LogP contribution in [-0.4, -0.2) is 7.11 Å². The van der Waals surface area contributed by atoms with Gasteiger partial charge in [-0.15, -0.1) is 0 Å². The molecule has 0 heterocycles. The van der Waals surface area contributed by atoms with Crippen LogP contribution < -0.4 is 10.1 Å². The molecule has 0 bridgehead atoms. The number of alkyl halides is 2. The lowest BCUT2D eigenvalue weighted by molar-refractivity contribution is 0.151. The van der Waals surface area contributed by atoms with Gasteiger partial charge in [-0.25, -0.2) is 8.78 Å². The van der Waals surface area contributed by atoms with E-state index in [-0.39, 0.29) is 5.56 Å². The Hall–Kier alpha value is -2.10. The van der Waals surface area contributed by atoms with Gasteiger partial charge >= 0.3 is 0 Å². The van der Waals surface area contributed by atoms with Gasteiger partial charge in [0.2, 0.25) is 0 Å². The number of methoxy groups -OCH3 is 1. The minimum Gasteiger partial charge on any atom is -0.497 e. The van der Waals surface area contributed by atoms with Gasteiger partial charge in [0, 0.05) is 17.8 Å². The molecule has 0 aliphatic heterocycles. The van der Waals surface area contributed by atoms with Crippen molar-refractivity contribution in [3.8, 4) is 5.75 Å². The van der Waals surface area contributed by atoms with Crippen molar-refractivity contribution in [2.24, 2.45) is 0 Å². The Balaban J connectivity index is 2.01. The Morgan fingerprint density at radius 2 is 1.80 bits per heavy atom. The predicted octanol–water partition coefficient (Wildman–Crippen LogP) is 4.55. The highest BCUT2D eigenvalue weighted by molar-refractivity contribution is 5.53. The summed E-state index contributed by atoms with van der Waals surface area (Å²) in [6.07, 6.45) is -2.42. The van der Waals surface area contributed by atoms with Gasteiger partial charge in [0.1, 0.15) is 5.75 Å². The first-order valence-corrected chi connectivity index (χ1v) is 6.35. The first-order valence-electron chi connectivity index (χ1n) is 6.35. The van der Waals surface area contributed by atoms with Gasteiger partial charge in [0.05, 0.1) is 7.11 Å². The van der Waals surface area contributed by atoms with Crippen molar-refractivity contribution in [2.45, 2.75) is 19.9 Å². The molecule has 1 N–H and O–H groups in total. The second-order valence-electron chi connectivity index (χ2n) is 4.58. The maximum atomic E-state index is 12.4. The summed E-state index contributed by atoms with van der Waals surface area (Å²) in [6.45, 7) is 2.58. The highest BCUT2D eigenvalue weighted by Gasteiger charge is 2.06. The summed E-state index contributed by atoms with van der Waals surface area (Å²) in [7, 11) is 1.63. The molecule has 0 amide bonds. The van der Waals surface area contributed by atoms with Gasteiger partial charge in [-0.3, -0.25) is 0 Å². The lowest BCUT2D eigenvalue weighted by atomic mass is 10.1. The molecule has 2 aromatic rings. The Labute approximate surface area is 117 Å². The summed E-state index contributed by atoms with van der Waals surface area (Å²) in [6, 6.07) is 12.1. The fourth-order valence-electron chi connectivity index (χ4n) is 1.94. The minimum absolute atomic E-state index is 0.0504. The van der Waals surface area contributed by atoms with Gasteiger partial charge in [-0.2, -0.15) is 0 Å². The monoisotopic (exact) mass is 277 g/mol. The summed E-state index contributed by atoms with van der Waals surface area (Å²) >= 11 is 0. The molecule has 0 aliphatic rings. The fourth-order valence-corrected chi connectivity index (χ4v) is 1.94. The minimum atomic E-state index is -2.42. The third kappa shape index (κ3) is 3.47. The average molecular weight is 277 g/mol. The molecule has 0 fully saturated rings. The fraction of sp³-hybridized carbons (Fsp3) is 0.250. The van der Waals surface area contributed by atoms with Crippen LogP contribution in [0.2, 0.25) is 0 Å². The second-order valence-corrected chi connectivity index (χ2v) is 4.58. The second kappa shape index (κ2) is 6.37. The van der Waals surface area contributed by atoms with Crippen LogP contribution in [0.25, 0.3) is 0 Å². The number of hydrogen-bond acceptors (Lipinski definition) is 2. The van der Waals surface area contributed by atoms with Crippen molar-refractivity contribution in [3.05, 3.63) is 59.2 Å². The van der Waals surface area contributed by atoms with Crippen molar-refractivity contribution < 1.29 is 13.5 Å². The van der Waals surface area contributed by atoms with E-state index in [0.29, 0.717) is 6.54 Å². The van der Waals surface area contributed by atoms with E-state index in [1.165, 1.54) is 12.1 Å². The number of rotatable bonds is 5. The molecule has 0 radical (unpaired) electrons. The van der Waals surface area contributed by atoms with Crippen LogP contribution in [0.15, 0.2) is 42.5 Å². The van der Waals surface area contributed by atoms with E-state index < -0.39 is 6.43 Å². The van der Waals surface area contributed by atoms with Crippen LogP contribution in [0.4, 0.5) is 14.5 Å². The van der Waals surface area contributed by atoms with Crippen molar-refractivity contribution in [1.82, 2.24) is 0 Å². The van der Waals surface area contributed by atoms with E-state index in [1.54, 1.807) is 19.2 Å². The number of nitrogens with one attached hydrogen (secondary N) is 1. The van der Waals surface area contributed by atoms with Gasteiger partial charge in [-0.1, -0.05) is 24.3 Å². The highest BCUT2D eigenvalue weighted by Crippen LogP contribution is 2.22. The van der Waals surface area contributed by atoms with Gasteiger partial charge in [-0.05, 0) is 36.2 Å². The number of hydrogen-bond donors (Lipinski definition) is 1. The largest absolute Gasteiger partial charge is 0.497 e. The van der Waals surface area contributed by atoms with E-state index in [2.05, 4.69) is 5.32 Å². The smallest absolute Gasteiger partial charge is 0.263 e. The highest BCUT2D eigenvalue weighted by atomic mass is 19.3. The van der Waals surface area contributed by atoms with Crippen LogP contribution in [0.1, 0.15) is 23.1 Å².